The van der Waals surface area contributed by atoms with Gasteiger partial charge in [0.25, 0.3) is 0 Å². The Labute approximate surface area is 162 Å². The van der Waals surface area contributed by atoms with Crippen LogP contribution in [0.5, 0.6) is 0 Å². The Morgan fingerprint density at radius 3 is 2.35 bits per heavy atom. The highest BCUT2D eigenvalue weighted by Gasteiger charge is 2.14. The predicted octanol–water partition coefficient (Wildman–Crippen LogP) is 1.72. The van der Waals surface area contributed by atoms with E-state index in [2.05, 4.69) is 24.4 Å². The van der Waals surface area contributed by atoms with Crippen molar-refractivity contribution in [2.24, 2.45) is 11.7 Å². The van der Waals surface area contributed by atoms with Crippen molar-refractivity contribution < 1.29 is 23.7 Å². The smallest absolute Gasteiger partial charge is 0.326 e. The number of aliphatic carboxylic acids is 1. The molecule has 2 atom stereocenters. The number of ketones is 1. The second-order valence-corrected chi connectivity index (χ2v) is 9.38. The summed E-state index contributed by atoms with van der Waals surface area (Å²) in [6.45, 7) is 5.09. The summed E-state index contributed by atoms with van der Waals surface area (Å²) in [6.07, 6.45) is 0.801. The van der Waals surface area contributed by atoms with Crippen LogP contribution in [0, 0.1) is 5.92 Å². The SMILES string of the molecule is C=S(=O)(NC(=O)NCC(=O)O)c1cc(Cl)cs1.CC(=O)C(N)CC(C)C. The van der Waals surface area contributed by atoms with Gasteiger partial charge in [-0.25, -0.2) is 9.00 Å². The second kappa shape index (κ2) is 11.2. The number of rotatable bonds is 7. The molecule has 26 heavy (non-hydrogen) atoms. The van der Waals surface area contributed by atoms with Crippen LogP contribution in [-0.2, 0) is 19.3 Å². The standard InChI is InChI=1S/C8H9ClN2O4S2.C7H15NO/c1-17(15,7-2-5(9)4-16-7)11-8(14)10-3-6(12)13;1-5(2)4-7(8)6(3)9/h2,4H,1,3H2,(H,12,13)(H2,10,11,14,15);5,7H,4,8H2,1-3H3. The van der Waals surface area contributed by atoms with Crippen LogP contribution >= 0.6 is 22.9 Å². The molecule has 0 aliphatic carbocycles. The number of nitrogens with two attached hydrogens (primary N) is 1. The Hall–Kier alpha value is -1.62. The maximum absolute atomic E-state index is 12.0. The molecule has 0 radical (unpaired) electrons. The Kier molecular flexibility index (Phi) is 10.5. The molecule has 2 unspecified atom stereocenters. The minimum Gasteiger partial charge on any atom is -0.480 e. The number of Topliss-reactive ketones (excluding diaryl/α,β-unsaturated/α-hetero) is 1. The highest BCUT2D eigenvalue weighted by atomic mass is 35.5. The minimum atomic E-state index is -3.01. The molecular weight excluding hydrogens is 402 g/mol. The Morgan fingerprint density at radius 1 is 1.42 bits per heavy atom. The van der Waals surface area contributed by atoms with Gasteiger partial charge in [-0.3, -0.25) is 14.3 Å². The number of hydrogen-bond acceptors (Lipinski definition) is 6. The van der Waals surface area contributed by atoms with E-state index in [-0.39, 0.29) is 11.8 Å². The molecule has 11 heteroatoms. The van der Waals surface area contributed by atoms with E-state index in [1.54, 1.807) is 5.38 Å². The predicted molar refractivity (Wildman–Crippen MR) is 105 cm³/mol. The van der Waals surface area contributed by atoms with Gasteiger partial charge in [-0.1, -0.05) is 25.4 Å². The van der Waals surface area contributed by atoms with Gasteiger partial charge in [0, 0.05) is 5.38 Å². The quantitative estimate of drug-likeness (QED) is 0.490. The number of carboxylic acids is 1. The van der Waals surface area contributed by atoms with Crippen LogP contribution in [0.25, 0.3) is 0 Å². The molecule has 5 N–H and O–H groups in total. The van der Waals surface area contributed by atoms with Crippen LogP contribution in [0.15, 0.2) is 15.7 Å². The largest absolute Gasteiger partial charge is 0.480 e. The lowest BCUT2D eigenvalue weighted by Crippen LogP contribution is -2.41. The lowest BCUT2D eigenvalue weighted by Gasteiger charge is -2.09. The summed E-state index contributed by atoms with van der Waals surface area (Å²) in [7, 11) is -3.01. The topological polar surface area (TPSA) is 139 Å². The van der Waals surface area contributed by atoms with E-state index in [9.17, 15) is 18.6 Å². The number of carboxylic acid groups (broad SMARTS) is 1. The van der Waals surface area contributed by atoms with Gasteiger partial charge >= 0.3 is 12.0 Å². The van der Waals surface area contributed by atoms with Crippen molar-refractivity contribution in [2.75, 3.05) is 6.54 Å². The van der Waals surface area contributed by atoms with Gasteiger partial charge < -0.3 is 16.2 Å². The molecule has 148 valence electrons. The normalized spacial score (nSPS) is 13.8. The molecule has 0 spiro atoms. The van der Waals surface area contributed by atoms with E-state index < -0.39 is 28.3 Å². The van der Waals surface area contributed by atoms with Crippen LogP contribution < -0.4 is 15.8 Å². The number of hydrogen-bond donors (Lipinski definition) is 4. The fraction of sp³-hybridized carbons (Fsp3) is 0.467. The maximum Gasteiger partial charge on any atom is 0.326 e. The monoisotopic (exact) mass is 425 g/mol. The van der Waals surface area contributed by atoms with E-state index >= 15 is 0 Å². The first-order valence-electron chi connectivity index (χ1n) is 7.49. The van der Waals surface area contributed by atoms with Crippen LogP contribution in [-0.4, -0.2) is 45.6 Å². The Balaban J connectivity index is 0.000000590. The average molecular weight is 426 g/mol. The maximum atomic E-state index is 12.0. The first kappa shape index (κ1) is 24.4. The molecule has 0 fully saturated rings. The third kappa shape index (κ3) is 10.4. The van der Waals surface area contributed by atoms with Gasteiger partial charge in [0.05, 0.1) is 20.8 Å². The molecule has 0 saturated heterocycles. The average Bonchev–Trinajstić information content (AvgIpc) is 2.92. The van der Waals surface area contributed by atoms with E-state index in [1.807, 2.05) is 5.32 Å². The molecule has 0 aliphatic rings. The van der Waals surface area contributed by atoms with E-state index in [1.165, 1.54) is 13.0 Å². The number of urea groups is 1. The molecule has 1 aromatic heterocycles. The minimum absolute atomic E-state index is 0.0868. The molecule has 0 aliphatic heterocycles. The van der Waals surface area contributed by atoms with Gasteiger partial charge in [0.2, 0.25) is 0 Å². The molecule has 1 aromatic rings. The summed E-state index contributed by atoms with van der Waals surface area (Å²) in [4.78, 5) is 32.0. The van der Waals surface area contributed by atoms with Crippen LogP contribution in [0.2, 0.25) is 5.02 Å². The van der Waals surface area contributed by atoms with E-state index in [4.69, 9.17) is 22.4 Å². The third-order valence-electron chi connectivity index (χ3n) is 2.77. The van der Waals surface area contributed by atoms with E-state index in [0.29, 0.717) is 15.1 Å². The zero-order valence-corrected chi connectivity index (χ0v) is 17.2. The number of halogens is 1. The van der Waals surface area contributed by atoms with Crippen molar-refractivity contribution in [3.63, 3.8) is 0 Å². The summed E-state index contributed by atoms with van der Waals surface area (Å²) in [5, 5.41) is 12.3. The van der Waals surface area contributed by atoms with Crippen LogP contribution in [0.3, 0.4) is 0 Å². The van der Waals surface area contributed by atoms with E-state index in [0.717, 1.165) is 17.8 Å². The number of amides is 2. The fourth-order valence-electron chi connectivity index (χ4n) is 1.53. The molecule has 0 saturated carbocycles. The van der Waals surface area contributed by atoms with Gasteiger partial charge in [0.1, 0.15) is 16.5 Å². The van der Waals surface area contributed by atoms with Gasteiger partial charge in [-0.15, -0.1) is 11.3 Å². The van der Waals surface area contributed by atoms with Gasteiger partial charge in [-0.05, 0) is 31.2 Å². The summed E-state index contributed by atoms with van der Waals surface area (Å²) < 4.78 is 14.4. The van der Waals surface area contributed by atoms with Crippen molar-refractivity contribution in [3.8, 4) is 0 Å². The Morgan fingerprint density at radius 2 is 2.00 bits per heavy atom. The summed E-state index contributed by atoms with van der Waals surface area (Å²) >= 11 is 6.75. The molecule has 0 aromatic carbocycles. The fourth-order valence-corrected chi connectivity index (χ4v) is 4.08. The highest BCUT2D eigenvalue weighted by molar-refractivity contribution is 8.00. The van der Waals surface area contributed by atoms with Crippen LogP contribution in [0.4, 0.5) is 4.79 Å². The van der Waals surface area contributed by atoms with Gasteiger partial charge in [0.15, 0.2) is 0 Å². The molecule has 1 rings (SSSR count). The van der Waals surface area contributed by atoms with Crippen molar-refractivity contribution >= 4 is 56.3 Å². The van der Waals surface area contributed by atoms with Gasteiger partial charge in [-0.2, -0.15) is 0 Å². The number of carbonyl (C=O) groups excluding carboxylic acids is 2. The first-order chi connectivity index (χ1) is 11.8. The lowest BCUT2D eigenvalue weighted by atomic mass is 10.0. The Bertz CT molecular complexity index is 731. The molecule has 0 bridgehead atoms. The third-order valence-corrected chi connectivity index (χ3v) is 6.22. The zero-order valence-electron chi connectivity index (χ0n) is 14.8. The molecule has 2 amide bonds. The second-order valence-electron chi connectivity index (χ2n) is 5.78. The zero-order chi connectivity index (χ0) is 20.5. The number of nitrogens with one attached hydrogen (secondary N) is 2. The number of carbonyl (C=O) groups is 3. The van der Waals surface area contributed by atoms with Crippen molar-refractivity contribution in [2.45, 2.75) is 37.4 Å². The summed E-state index contributed by atoms with van der Waals surface area (Å²) in [5.41, 5.74) is 5.47. The molecule has 8 nitrogen and oxygen atoms in total. The van der Waals surface area contributed by atoms with Crippen molar-refractivity contribution in [3.05, 3.63) is 16.5 Å². The molecular formula is C15H24ClN3O5S2. The summed E-state index contributed by atoms with van der Waals surface area (Å²) in [6, 6.07) is 0.320. The summed E-state index contributed by atoms with van der Waals surface area (Å²) in [5.74, 6) is 2.79. The highest BCUT2D eigenvalue weighted by Crippen LogP contribution is 2.23. The van der Waals surface area contributed by atoms with Crippen molar-refractivity contribution in [1.29, 1.82) is 0 Å². The van der Waals surface area contributed by atoms with Crippen molar-refractivity contribution in [1.82, 2.24) is 10.0 Å². The molecule has 1 heterocycles. The number of thiophene rings is 1. The first-order valence-corrected chi connectivity index (χ1v) is 10.5. The lowest BCUT2D eigenvalue weighted by molar-refractivity contribution is -0.135. The van der Waals surface area contributed by atoms with Crippen LogP contribution in [0.1, 0.15) is 27.2 Å².